The van der Waals surface area contributed by atoms with Crippen LogP contribution < -0.4 is 5.32 Å². The van der Waals surface area contributed by atoms with Crippen molar-refractivity contribution >= 4 is 17.9 Å². The molecular weight excluding hydrogens is 469 g/mol. The van der Waals surface area contributed by atoms with Crippen molar-refractivity contribution in [1.29, 1.82) is 0 Å². The second-order valence-electron chi connectivity index (χ2n) is 8.20. The largest absolute Gasteiger partial charge is 0.463 e. The van der Waals surface area contributed by atoms with E-state index in [1.165, 1.54) is 37.3 Å². The number of nitrogens with one attached hydrogen (secondary N) is 1. The number of halogens is 3. The van der Waals surface area contributed by atoms with Crippen molar-refractivity contribution < 1.29 is 37.0 Å². The molecule has 12 heteroatoms. The first-order valence-electron chi connectivity index (χ1n) is 11.2. The highest BCUT2D eigenvalue weighted by molar-refractivity contribution is 5.95. The number of urea groups is 1. The van der Waals surface area contributed by atoms with Gasteiger partial charge in [0.15, 0.2) is 0 Å². The Labute approximate surface area is 201 Å². The lowest BCUT2D eigenvalue weighted by molar-refractivity contribution is -0.141. The molecule has 1 unspecified atom stereocenters. The summed E-state index contributed by atoms with van der Waals surface area (Å²) >= 11 is 0. The summed E-state index contributed by atoms with van der Waals surface area (Å²) in [6, 6.07) is 2.86. The molecule has 1 N–H and O–H groups in total. The van der Waals surface area contributed by atoms with E-state index in [0.29, 0.717) is 26.2 Å². The fourth-order valence-electron chi connectivity index (χ4n) is 4.22. The van der Waals surface area contributed by atoms with Crippen LogP contribution in [0.1, 0.15) is 24.1 Å². The van der Waals surface area contributed by atoms with Crippen molar-refractivity contribution in [1.82, 2.24) is 20.0 Å². The summed E-state index contributed by atoms with van der Waals surface area (Å²) in [6.07, 6.45) is -4.68. The van der Waals surface area contributed by atoms with Gasteiger partial charge in [-0.2, -0.15) is 13.2 Å². The molecule has 0 aliphatic carbocycles. The number of ether oxygens (including phenoxy) is 2. The normalized spacial score (nSPS) is 19.6. The smallest absolute Gasteiger partial charge is 0.416 e. The SMILES string of the molecule is CCOC(=O)C1=C(CN2CCN(C(=O)COC)CC2)N(C)C(=O)NC1c1ccccc1C(F)(F)F. The minimum Gasteiger partial charge on any atom is -0.463 e. The van der Waals surface area contributed by atoms with Crippen molar-refractivity contribution in [3.63, 3.8) is 0 Å². The third kappa shape index (κ3) is 5.93. The number of likely N-dealkylation sites (N-methyl/N-ethyl adjacent to an activating group) is 1. The number of alkyl halides is 3. The molecule has 1 aromatic carbocycles. The average Bonchev–Trinajstić information content (AvgIpc) is 2.82. The van der Waals surface area contributed by atoms with Gasteiger partial charge >= 0.3 is 18.2 Å². The molecule has 1 atom stereocenters. The zero-order chi connectivity index (χ0) is 25.8. The van der Waals surface area contributed by atoms with Crippen molar-refractivity contribution in [3.8, 4) is 0 Å². The van der Waals surface area contributed by atoms with E-state index in [-0.39, 0.29) is 42.5 Å². The van der Waals surface area contributed by atoms with E-state index in [2.05, 4.69) is 5.32 Å². The molecule has 9 nitrogen and oxygen atoms in total. The molecular formula is C23H29F3N4O5. The summed E-state index contributed by atoms with van der Waals surface area (Å²) in [5.41, 5.74) is -0.979. The number of carbonyl (C=O) groups is 3. The van der Waals surface area contributed by atoms with Crippen LogP contribution in [0.3, 0.4) is 0 Å². The highest BCUT2D eigenvalue weighted by atomic mass is 19.4. The van der Waals surface area contributed by atoms with Crippen LogP contribution in [0.15, 0.2) is 35.5 Å². The summed E-state index contributed by atoms with van der Waals surface area (Å²) in [5.74, 6) is -0.943. The first-order valence-corrected chi connectivity index (χ1v) is 11.2. The Morgan fingerprint density at radius 3 is 2.40 bits per heavy atom. The van der Waals surface area contributed by atoms with Gasteiger partial charge in [0.2, 0.25) is 5.91 Å². The average molecular weight is 499 g/mol. The minimum absolute atomic E-state index is 0.0151. The monoisotopic (exact) mass is 498 g/mol. The third-order valence-electron chi connectivity index (χ3n) is 6.02. The Hall–Kier alpha value is -3.12. The number of amides is 3. The van der Waals surface area contributed by atoms with Crippen LogP contribution in [0.25, 0.3) is 0 Å². The number of carbonyl (C=O) groups excluding carboxylic acids is 3. The van der Waals surface area contributed by atoms with E-state index >= 15 is 0 Å². The van der Waals surface area contributed by atoms with Gasteiger partial charge in [-0.3, -0.25) is 14.6 Å². The molecule has 192 valence electrons. The number of methoxy groups -OCH3 is 1. The fourth-order valence-corrected chi connectivity index (χ4v) is 4.22. The highest BCUT2D eigenvalue weighted by Crippen LogP contribution is 2.39. The first kappa shape index (κ1) is 26.5. The predicted octanol–water partition coefficient (Wildman–Crippen LogP) is 2.01. The lowest BCUT2D eigenvalue weighted by Gasteiger charge is -2.39. The molecule has 35 heavy (non-hydrogen) atoms. The van der Waals surface area contributed by atoms with Crippen LogP contribution in [-0.2, 0) is 25.2 Å². The zero-order valence-corrected chi connectivity index (χ0v) is 19.9. The molecule has 0 spiro atoms. The molecule has 3 rings (SSSR count). The number of hydrogen-bond donors (Lipinski definition) is 1. The van der Waals surface area contributed by atoms with E-state index in [1.807, 2.05) is 4.90 Å². The van der Waals surface area contributed by atoms with E-state index in [0.717, 1.165) is 6.07 Å². The quantitative estimate of drug-likeness (QED) is 0.579. The van der Waals surface area contributed by atoms with Crippen molar-refractivity contribution in [2.75, 3.05) is 60.1 Å². The molecule has 1 aromatic rings. The molecule has 0 saturated carbocycles. The number of hydrogen-bond acceptors (Lipinski definition) is 6. The van der Waals surface area contributed by atoms with Crippen LogP contribution in [0.4, 0.5) is 18.0 Å². The van der Waals surface area contributed by atoms with E-state index < -0.39 is 29.8 Å². The number of esters is 1. The Morgan fingerprint density at radius 2 is 1.80 bits per heavy atom. The van der Waals surface area contributed by atoms with Crippen molar-refractivity contribution in [2.24, 2.45) is 0 Å². The number of piperazine rings is 1. The maximum atomic E-state index is 13.8. The fraction of sp³-hybridized carbons (Fsp3) is 0.522. The zero-order valence-electron chi connectivity index (χ0n) is 19.9. The van der Waals surface area contributed by atoms with Gasteiger partial charge in [0.1, 0.15) is 6.61 Å². The van der Waals surface area contributed by atoms with Gasteiger partial charge < -0.3 is 19.7 Å². The summed E-state index contributed by atoms with van der Waals surface area (Å²) < 4.78 is 51.4. The molecule has 2 heterocycles. The second-order valence-corrected chi connectivity index (χ2v) is 8.20. The van der Waals surface area contributed by atoms with Crippen LogP contribution in [-0.4, -0.2) is 92.7 Å². The Morgan fingerprint density at radius 1 is 1.14 bits per heavy atom. The number of nitrogens with zero attached hydrogens (tertiary/aromatic N) is 3. The molecule has 1 fully saturated rings. The van der Waals surface area contributed by atoms with E-state index in [1.54, 1.807) is 11.8 Å². The van der Waals surface area contributed by atoms with E-state index in [9.17, 15) is 27.6 Å². The topological polar surface area (TPSA) is 91.4 Å². The molecule has 0 bridgehead atoms. The van der Waals surface area contributed by atoms with Gasteiger partial charge in [-0.1, -0.05) is 18.2 Å². The van der Waals surface area contributed by atoms with E-state index in [4.69, 9.17) is 9.47 Å². The molecule has 2 aliphatic heterocycles. The standard InChI is InChI=1S/C23H29F3N4O5/c1-4-35-21(32)19-17(13-29-9-11-30(12-10-29)18(31)14-34-3)28(2)22(33)27-20(19)15-7-5-6-8-16(15)23(24,25)26/h5-8,20H,4,9-14H2,1-3H3,(H,27,33). The molecule has 2 aliphatic rings. The van der Waals surface area contributed by atoms with Gasteiger partial charge in [0.25, 0.3) is 0 Å². The molecule has 0 radical (unpaired) electrons. The Balaban J connectivity index is 1.98. The minimum atomic E-state index is -4.68. The molecule has 3 amide bonds. The van der Waals surface area contributed by atoms with Gasteiger partial charge in [0, 0.05) is 52.6 Å². The lowest BCUT2D eigenvalue weighted by Crippen LogP contribution is -2.53. The maximum absolute atomic E-state index is 13.8. The van der Waals surface area contributed by atoms with Crippen LogP contribution in [0.5, 0.6) is 0 Å². The first-order chi connectivity index (χ1) is 16.6. The Bertz CT molecular complexity index is 990. The summed E-state index contributed by atoms with van der Waals surface area (Å²) in [5, 5.41) is 2.53. The lowest BCUT2D eigenvalue weighted by atomic mass is 9.90. The maximum Gasteiger partial charge on any atom is 0.416 e. The van der Waals surface area contributed by atoms with Gasteiger partial charge in [-0.25, -0.2) is 9.59 Å². The van der Waals surface area contributed by atoms with Gasteiger partial charge in [-0.05, 0) is 18.6 Å². The Kier molecular flexibility index (Phi) is 8.39. The van der Waals surface area contributed by atoms with Crippen molar-refractivity contribution in [2.45, 2.75) is 19.1 Å². The molecule has 0 aromatic heterocycles. The molecule has 1 saturated heterocycles. The van der Waals surface area contributed by atoms with Gasteiger partial charge in [-0.15, -0.1) is 0 Å². The number of rotatable bonds is 7. The summed E-state index contributed by atoms with van der Waals surface area (Å²) in [7, 11) is 2.89. The third-order valence-corrected chi connectivity index (χ3v) is 6.02. The van der Waals surface area contributed by atoms with Crippen LogP contribution >= 0.6 is 0 Å². The van der Waals surface area contributed by atoms with Crippen LogP contribution in [0, 0.1) is 0 Å². The second kappa shape index (κ2) is 11.1. The predicted molar refractivity (Wildman–Crippen MR) is 119 cm³/mol. The summed E-state index contributed by atoms with van der Waals surface area (Å²) in [4.78, 5) is 42.7. The van der Waals surface area contributed by atoms with Crippen LogP contribution in [0.2, 0.25) is 0 Å². The summed E-state index contributed by atoms with van der Waals surface area (Å²) in [6.45, 7) is 3.44. The van der Waals surface area contributed by atoms with Gasteiger partial charge in [0.05, 0.1) is 23.8 Å². The number of benzene rings is 1. The highest BCUT2D eigenvalue weighted by Gasteiger charge is 2.42. The van der Waals surface area contributed by atoms with Crippen molar-refractivity contribution in [3.05, 3.63) is 46.7 Å².